The van der Waals surface area contributed by atoms with E-state index in [1.165, 1.54) is 24.8 Å². The molecule has 2 saturated carbocycles. The van der Waals surface area contributed by atoms with Gasteiger partial charge >= 0.3 is 0 Å². The van der Waals surface area contributed by atoms with E-state index in [0.29, 0.717) is 58.4 Å². The number of benzene rings is 1. The van der Waals surface area contributed by atoms with Gasteiger partial charge in [-0.25, -0.2) is 0 Å². The molecule has 212 valence electrons. The number of likely N-dealkylation sites (tertiary alicyclic amines) is 1. The minimum absolute atomic E-state index is 0.0181. The molecular formula is C29H43NO8. The van der Waals surface area contributed by atoms with Crippen LogP contribution >= 0.6 is 0 Å². The molecule has 9 heteroatoms. The Kier molecular flexibility index (Phi) is 7.88. The van der Waals surface area contributed by atoms with Gasteiger partial charge in [0.25, 0.3) is 0 Å². The largest absolute Gasteiger partial charge is 0.504 e. The molecule has 3 aliphatic carbocycles. The fourth-order valence-electron chi connectivity index (χ4n) is 7.85. The molecule has 2 aliphatic heterocycles. The molecule has 0 amide bonds. The summed E-state index contributed by atoms with van der Waals surface area (Å²) in [4.78, 5) is 2.57. The number of phenolic OH excluding ortho intramolecular Hbond substituents is 1. The van der Waals surface area contributed by atoms with E-state index in [1.54, 1.807) is 6.07 Å². The molecular weight excluding hydrogens is 490 g/mol. The zero-order chi connectivity index (χ0) is 26.2. The highest BCUT2D eigenvalue weighted by Crippen LogP contribution is 2.65. The Labute approximate surface area is 225 Å². The second kappa shape index (κ2) is 11.2. The first-order chi connectivity index (χ1) is 18.6. The van der Waals surface area contributed by atoms with Crippen LogP contribution in [0.1, 0.15) is 49.7 Å². The standard InChI is InChI=1S/C29H43NO8/c31-10-11-34-12-13-35-14-15-36-16-17-37-23-6-7-29(33)24-18-21-4-5-22(32)26-25(21)28(29,27(23)38-26)8-9-30(24)19-20-2-1-3-20/h4-5,20,23-24,27,31-33H,1-3,6-19H2/t23?,24-,27+,28+,29-/m1/s1. The highest BCUT2D eigenvalue weighted by atomic mass is 16.6. The first kappa shape index (κ1) is 26.7. The van der Waals surface area contributed by atoms with E-state index >= 15 is 0 Å². The molecule has 1 unspecified atom stereocenters. The summed E-state index contributed by atoms with van der Waals surface area (Å²) in [6.07, 6.45) is 6.45. The third kappa shape index (κ3) is 4.44. The molecule has 1 saturated heterocycles. The minimum atomic E-state index is -0.889. The summed E-state index contributed by atoms with van der Waals surface area (Å²) in [5.41, 5.74) is 0.805. The zero-order valence-electron chi connectivity index (χ0n) is 22.3. The third-order valence-electron chi connectivity index (χ3n) is 9.78. The third-order valence-corrected chi connectivity index (χ3v) is 9.78. The van der Waals surface area contributed by atoms with Crippen LogP contribution in [0.5, 0.6) is 11.5 Å². The number of ether oxygens (including phenoxy) is 5. The summed E-state index contributed by atoms with van der Waals surface area (Å²) in [7, 11) is 0. The van der Waals surface area contributed by atoms with Crippen LogP contribution in [0, 0.1) is 5.92 Å². The van der Waals surface area contributed by atoms with Crippen LogP contribution < -0.4 is 4.74 Å². The van der Waals surface area contributed by atoms with Crippen molar-refractivity contribution in [2.45, 2.75) is 74.2 Å². The number of rotatable bonds is 14. The lowest BCUT2D eigenvalue weighted by Crippen LogP contribution is -2.77. The average Bonchev–Trinajstić information content (AvgIpc) is 3.24. The van der Waals surface area contributed by atoms with Gasteiger partial charge in [0.2, 0.25) is 0 Å². The Balaban J connectivity index is 1.10. The Morgan fingerprint density at radius 1 is 0.947 bits per heavy atom. The number of hydrogen-bond donors (Lipinski definition) is 3. The zero-order valence-corrected chi connectivity index (χ0v) is 22.3. The van der Waals surface area contributed by atoms with Crippen molar-refractivity contribution in [1.82, 2.24) is 4.90 Å². The van der Waals surface area contributed by atoms with Gasteiger partial charge in [-0.15, -0.1) is 0 Å². The van der Waals surface area contributed by atoms with Crippen molar-refractivity contribution in [3.63, 3.8) is 0 Å². The number of aromatic hydroxyl groups is 1. The highest BCUT2D eigenvalue weighted by molar-refractivity contribution is 5.62. The summed E-state index contributed by atoms with van der Waals surface area (Å²) >= 11 is 0. The lowest BCUT2D eigenvalue weighted by Gasteiger charge is -2.64. The van der Waals surface area contributed by atoms with E-state index in [9.17, 15) is 10.2 Å². The normalized spacial score (nSPS) is 33.6. The molecule has 6 rings (SSSR count). The monoisotopic (exact) mass is 533 g/mol. The van der Waals surface area contributed by atoms with E-state index in [4.69, 9.17) is 28.8 Å². The molecule has 1 aromatic carbocycles. The number of hydrogen-bond acceptors (Lipinski definition) is 9. The second-order valence-corrected chi connectivity index (χ2v) is 11.7. The maximum Gasteiger partial charge on any atom is 0.165 e. The molecule has 3 N–H and O–H groups in total. The molecule has 1 aromatic rings. The van der Waals surface area contributed by atoms with Crippen LogP contribution in [0.4, 0.5) is 0 Å². The van der Waals surface area contributed by atoms with Gasteiger partial charge in [0.15, 0.2) is 11.5 Å². The van der Waals surface area contributed by atoms with E-state index in [1.807, 2.05) is 6.07 Å². The van der Waals surface area contributed by atoms with Crippen LogP contribution in [0.2, 0.25) is 0 Å². The quantitative estimate of drug-likeness (QED) is 0.308. The molecule has 0 aromatic heterocycles. The number of piperidine rings is 1. The molecule has 5 atom stereocenters. The van der Waals surface area contributed by atoms with Crippen molar-refractivity contribution in [3.05, 3.63) is 23.3 Å². The van der Waals surface area contributed by atoms with Gasteiger partial charge in [-0.3, -0.25) is 4.90 Å². The molecule has 2 bridgehead atoms. The summed E-state index contributed by atoms with van der Waals surface area (Å²) < 4.78 is 29.2. The lowest BCUT2D eigenvalue weighted by molar-refractivity contribution is -0.218. The second-order valence-electron chi connectivity index (χ2n) is 11.7. The smallest absolute Gasteiger partial charge is 0.165 e. The first-order valence-electron chi connectivity index (χ1n) is 14.5. The Morgan fingerprint density at radius 2 is 1.68 bits per heavy atom. The van der Waals surface area contributed by atoms with Gasteiger partial charge in [-0.05, 0) is 62.6 Å². The summed E-state index contributed by atoms with van der Waals surface area (Å²) in [6.45, 7) is 5.13. The topological polar surface area (TPSA) is 110 Å². The van der Waals surface area contributed by atoms with Crippen molar-refractivity contribution < 1.29 is 39.0 Å². The lowest BCUT2D eigenvalue weighted by atomic mass is 9.48. The van der Waals surface area contributed by atoms with Crippen molar-refractivity contribution in [2.24, 2.45) is 5.92 Å². The van der Waals surface area contributed by atoms with E-state index in [2.05, 4.69) is 4.90 Å². The number of nitrogens with zero attached hydrogens (tertiary/aromatic N) is 1. The first-order valence-corrected chi connectivity index (χ1v) is 14.5. The maximum atomic E-state index is 12.5. The molecule has 9 nitrogen and oxygen atoms in total. The number of phenols is 1. The fourth-order valence-corrected chi connectivity index (χ4v) is 7.85. The van der Waals surface area contributed by atoms with Gasteiger partial charge < -0.3 is 39.0 Å². The van der Waals surface area contributed by atoms with Crippen LogP contribution in [-0.2, 0) is 30.8 Å². The van der Waals surface area contributed by atoms with Crippen LogP contribution in [-0.4, -0.2) is 110 Å². The fraction of sp³-hybridized carbons (Fsp3) is 0.793. The Bertz CT molecular complexity index is 972. The van der Waals surface area contributed by atoms with Crippen molar-refractivity contribution in [1.29, 1.82) is 0 Å². The van der Waals surface area contributed by atoms with Gasteiger partial charge in [-0.2, -0.15) is 0 Å². The summed E-state index contributed by atoms with van der Waals surface area (Å²) in [5, 5.41) is 32.0. The van der Waals surface area contributed by atoms with Crippen LogP contribution in [0.15, 0.2) is 12.1 Å². The highest BCUT2D eigenvalue weighted by Gasteiger charge is 2.73. The summed E-state index contributed by atoms with van der Waals surface area (Å²) in [6, 6.07) is 3.87. The summed E-state index contributed by atoms with van der Waals surface area (Å²) in [5.74, 6) is 1.47. The van der Waals surface area contributed by atoms with Crippen molar-refractivity contribution in [2.75, 3.05) is 65.9 Å². The van der Waals surface area contributed by atoms with Crippen molar-refractivity contribution in [3.8, 4) is 11.5 Å². The van der Waals surface area contributed by atoms with Crippen LogP contribution in [0.25, 0.3) is 0 Å². The van der Waals surface area contributed by atoms with E-state index in [-0.39, 0.29) is 30.6 Å². The SMILES string of the molecule is OCCOCCOCCOCCOC1CC[C@@]2(O)[C@H]3Cc4ccc(O)c5c4[C@@]2(CCN3CC2CCC2)[C@H]1O5. The Hall–Kier alpha value is -1.46. The molecule has 2 heterocycles. The molecule has 38 heavy (non-hydrogen) atoms. The van der Waals surface area contributed by atoms with Gasteiger partial charge in [0.1, 0.15) is 6.10 Å². The molecule has 5 aliphatic rings. The average molecular weight is 534 g/mol. The number of aliphatic hydroxyl groups is 2. The van der Waals surface area contributed by atoms with Crippen molar-refractivity contribution >= 4 is 0 Å². The van der Waals surface area contributed by atoms with Crippen LogP contribution in [0.3, 0.4) is 0 Å². The van der Waals surface area contributed by atoms with E-state index < -0.39 is 11.0 Å². The van der Waals surface area contributed by atoms with E-state index in [0.717, 1.165) is 43.8 Å². The Morgan fingerprint density at radius 3 is 2.39 bits per heavy atom. The maximum absolute atomic E-state index is 12.5. The minimum Gasteiger partial charge on any atom is -0.504 e. The molecule has 3 fully saturated rings. The van der Waals surface area contributed by atoms with Gasteiger partial charge in [0, 0.05) is 18.2 Å². The van der Waals surface area contributed by atoms with Gasteiger partial charge in [0.05, 0.1) is 70.0 Å². The predicted molar refractivity (Wildman–Crippen MR) is 139 cm³/mol. The van der Waals surface area contributed by atoms with Gasteiger partial charge in [-0.1, -0.05) is 12.5 Å². The molecule has 0 radical (unpaired) electrons. The number of aliphatic hydroxyl groups excluding tert-OH is 1. The molecule has 1 spiro atoms. The predicted octanol–water partition coefficient (Wildman–Crippen LogP) is 1.77.